The van der Waals surface area contributed by atoms with Gasteiger partial charge in [0.15, 0.2) is 9.84 Å². The molecule has 2 rings (SSSR count). The first kappa shape index (κ1) is 19.4. The molecule has 0 unspecified atom stereocenters. The number of nitrogens with one attached hydrogen (secondary N) is 2. The van der Waals surface area contributed by atoms with Crippen molar-refractivity contribution in [2.24, 2.45) is 0 Å². The predicted molar refractivity (Wildman–Crippen MR) is 98.5 cm³/mol. The van der Waals surface area contributed by atoms with Crippen LogP contribution in [0.15, 0.2) is 18.2 Å². The summed E-state index contributed by atoms with van der Waals surface area (Å²) in [5.74, 6) is -1.20. The summed E-state index contributed by atoms with van der Waals surface area (Å²) in [4.78, 5) is 24.2. The average Bonchev–Trinajstić information content (AvgIpc) is 3.00. The van der Waals surface area contributed by atoms with Crippen LogP contribution in [-0.2, 0) is 14.6 Å². The summed E-state index contributed by atoms with van der Waals surface area (Å²) < 4.78 is 24.5. The maximum Gasteiger partial charge on any atom is 0.251 e. The smallest absolute Gasteiger partial charge is 0.251 e. The fraction of sp³-hybridized carbons (Fsp3) is 0.556. The van der Waals surface area contributed by atoms with E-state index in [2.05, 4.69) is 10.6 Å². The molecule has 1 aliphatic carbocycles. The zero-order chi connectivity index (χ0) is 18.6. The number of aryl methyl sites for hydroxylation is 1. The highest BCUT2D eigenvalue weighted by atomic mass is 32.2. The third-order valence-electron chi connectivity index (χ3n) is 4.32. The van der Waals surface area contributed by atoms with E-state index >= 15 is 0 Å². The monoisotopic (exact) mass is 366 g/mol. The molecule has 2 N–H and O–H groups in total. The van der Waals surface area contributed by atoms with Gasteiger partial charge >= 0.3 is 0 Å². The summed E-state index contributed by atoms with van der Waals surface area (Å²) in [5, 5.41) is 5.05. The molecule has 0 heterocycles. The van der Waals surface area contributed by atoms with Crippen LogP contribution in [0, 0.1) is 6.92 Å². The maximum atomic E-state index is 12.2. The number of carbonyl (C=O) groups is 2. The highest BCUT2D eigenvalue weighted by Crippen LogP contribution is 2.25. The standard InChI is InChI=1S/C18H26N2O4S/c1-12(2)19-18(22)16-9-8-14(10-13(16)3)20-17(21)11-25(23,24)15-6-4-5-7-15/h8-10,12,15H,4-7,11H2,1-3H3,(H,19,22)(H,20,21). The van der Waals surface area contributed by atoms with Crippen LogP contribution in [0.2, 0.25) is 0 Å². The third kappa shape index (κ3) is 5.29. The van der Waals surface area contributed by atoms with Crippen LogP contribution in [-0.4, -0.2) is 37.3 Å². The van der Waals surface area contributed by atoms with E-state index in [-0.39, 0.29) is 17.2 Å². The highest BCUT2D eigenvalue weighted by Gasteiger charge is 2.30. The second kappa shape index (κ2) is 7.99. The van der Waals surface area contributed by atoms with Gasteiger partial charge in [0.2, 0.25) is 5.91 Å². The summed E-state index contributed by atoms with van der Waals surface area (Å²) in [5.41, 5.74) is 1.74. The minimum Gasteiger partial charge on any atom is -0.350 e. The minimum absolute atomic E-state index is 0.0343. The summed E-state index contributed by atoms with van der Waals surface area (Å²) in [6.45, 7) is 5.54. The van der Waals surface area contributed by atoms with Crippen molar-refractivity contribution < 1.29 is 18.0 Å². The van der Waals surface area contributed by atoms with E-state index in [4.69, 9.17) is 0 Å². The van der Waals surface area contributed by atoms with Gasteiger partial charge in [0.05, 0.1) is 5.25 Å². The van der Waals surface area contributed by atoms with E-state index in [0.29, 0.717) is 24.1 Å². The van der Waals surface area contributed by atoms with Crippen molar-refractivity contribution in [3.05, 3.63) is 29.3 Å². The normalized spacial score (nSPS) is 15.4. The van der Waals surface area contributed by atoms with Crippen LogP contribution in [0.3, 0.4) is 0 Å². The summed E-state index contributed by atoms with van der Waals surface area (Å²) in [7, 11) is -3.40. The van der Waals surface area contributed by atoms with Crippen LogP contribution < -0.4 is 10.6 Å². The lowest BCUT2D eigenvalue weighted by Gasteiger charge is -2.13. The topological polar surface area (TPSA) is 92.3 Å². The Bertz CT molecular complexity index is 750. The number of sulfone groups is 1. The van der Waals surface area contributed by atoms with Crippen molar-refractivity contribution in [3.63, 3.8) is 0 Å². The number of rotatable bonds is 6. The second-order valence-electron chi connectivity index (χ2n) is 6.92. The van der Waals surface area contributed by atoms with Crippen LogP contribution in [0.1, 0.15) is 55.5 Å². The van der Waals surface area contributed by atoms with Gasteiger partial charge in [0.25, 0.3) is 5.91 Å². The molecule has 1 aromatic rings. The molecule has 138 valence electrons. The van der Waals surface area contributed by atoms with E-state index in [9.17, 15) is 18.0 Å². The molecule has 6 nitrogen and oxygen atoms in total. The minimum atomic E-state index is -3.40. The van der Waals surface area contributed by atoms with Gasteiger partial charge in [-0.05, 0) is 57.4 Å². The highest BCUT2D eigenvalue weighted by molar-refractivity contribution is 7.92. The Morgan fingerprint density at radius 1 is 1.20 bits per heavy atom. The molecule has 0 spiro atoms. The largest absolute Gasteiger partial charge is 0.350 e. The van der Waals surface area contributed by atoms with E-state index < -0.39 is 21.5 Å². The zero-order valence-corrected chi connectivity index (χ0v) is 15.8. The number of hydrogen-bond acceptors (Lipinski definition) is 4. The molecule has 25 heavy (non-hydrogen) atoms. The van der Waals surface area contributed by atoms with Gasteiger partial charge in [0.1, 0.15) is 5.75 Å². The van der Waals surface area contributed by atoms with E-state index in [1.54, 1.807) is 25.1 Å². The van der Waals surface area contributed by atoms with Crippen LogP contribution in [0.25, 0.3) is 0 Å². The number of carbonyl (C=O) groups excluding carboxylic acids is 2. The second-order valence-corrected chi connectivity index (χ2v) is 9.20. The lowest BCUT2D eigenvalue weighted by Crippen LogP contribution is -2.31. The number of amides is 2. The van der Waals surface area contributed by atoms with E-state index in [0.717, 1.165) is 18.4 Å². The lowest BCUT2D eigenvalue weighted by atomic mass is 10.1. The number of hydrogen-bond donors (Lipinski definition) is 2. The molecule has 0 aliphatic heterocycles. The van der Waals surface area contributed by atoms with Gasteiger partial charge in [-0.1, -0.05) is 12.8 Å². The Labute approximate surface area is 149 Å². The van der Waals surface area contributed by atoms with Crippen molar-refractivity contribution >= 4 is 27.3 Å². The fourth-order valence-corrected chi connectivity index (χ4v) is 4.81. The van der Waals surface area contributed by atoms with Crippen molar-refractivity contribution in [1.82, 2.24) is 5.32 Å². The first-order valence-electron chi connectivity index (χ1n) is 8.62. The molecule has 1 aromatic carbocycles. The van der Waals surface area contributed by atoms with Gasteiger partial charge in [-0.15, -0.1) is 0 Å². The summed E-state index contributed by atoms with van der Waals surface area (Å²) in [6, 6.07) is 4.96. The van der Waals surface area contributed by atoms with E-state index in [1.807, 2.05) is 13.8 Å². The number of anilines is 1. The first-order valence-corrected chi connectivity index (χ1v) is 10.3. The van der Waals surface area contributed by atoms with Crippen molar-refractivity contribution in [2.45, 2.75) is 57.7 Å². The summed E-state index contributed by atoms with van der Waals surface area (Å²) >= 11 is 0. The Balaban J connectivity index is 2.01. The van der Waals surface area contributed by atoms with Crippen molar-refractivity contribution in [1.29, 1.82) is 0 Å². The molecular formula is C18H26N2O4S. The molecule has 0 saturated heterocycles. The van der Waals surface area contributed by atoms with Gasteiger partial charge < -0.3 is 10.6 Å². The van der Waals surface area contributed by atoms with Crippen molar-refractivity contribution in [2.75, 3.05) is 11.1 Å². The lowest BCUT2D eigenvalue weighted by molar-refractivity contribution is -0.113. The first-order chi connectivity index (χ1) is 11.7. The quantitative estimate of drug-likeness (QED) is 0.809. The fourth-order valence-electron chi connectivity index (χ4n) is 3.08. The average molecular weight is 366 g/mol. The predicted octanol–water partition coefficient (Wildman–Crippen LogP) is 2.43. The molecule has 0 bridgehead atoms. The molecular weight excluding hydrogens is 340 g/mol. The maximum absolute atomic E-state index is 12.2. The molecule has 7 heteroatoms. The Morgan fingerprint density at radius 3 is 2.40 bits per heavy atom. The Morgan fingerprint density at radius 2 is 1.84 bits per heavy atom. The molecule has 2 amide bonds. The molecule has 1 fully saturated rings. The summed E-state index contributed by atoms with van der Waals surface area (Å²) in [6.07, 6.45) is 3.11. The Hall–Kier alpha value is -1.89. The van der Waals surface area contributed by atoms with Crippen molar-refractivity contribution in [3.8, 4) is 0 Å². The molecule has 1 aliphatic rings. The molecule has 0 aromatic heterocycles. The molecule has 0 atom stereocenters. The molecule has 1 saturated carbocycles. The van der Waals surface area contributed by atoms with Gasteiger partial charge in [-0.25, -0.2) is 8.42 Å². The third-order valence-corrected chi connectivity index (χ3v) is 6.47. The number of benzene rings is 1. The SMILES string of the molecule is Cc1cc(NC(=O)CS(=O)(=O)C2CCCC2)ccc1C(=O)NC(C)C. The Kier molecular flexibility index (Phi) is 6.21. The van der Waals surface area contributed by atoms with Crippen LogP contribution >= 0.6 is 0 Å². The van der Waals surface area contributed by atoms with Crippen LogP contribution in [0.4, 0.5) is 5.69 Å². The van der Waals surface area contributed by atoms with Gasteiger partial charge in [-0.3, -0.25) is 9.59 Å². The van der Waals surface area contributed by atoms with Gasteiger partial charge in [-0.2, -0.15) is 0 Å². The van der Waals surface area contributed by atoms with E-state index in [1.165, 1.54) is 0 Å². The van der Waals surface area contributed by atoms with Crippen LogP contribution in [0.5, 0.6) is 0 Å². The van der Waals surface area contributed by atoms with Gasteiger partial charge in [0, 0.05) is 17.3 Å². The zero-order valence-electron chi connectivity index (χ0n) is 15.0. The molecule has 0 radical (unpaired) electrons.